The van der Waals surface area contributed by atoms with Crippen LogP contribution in [0.3, 0.4) is 0 Å². The maximum absolute atomic E-state index is 14.3. The molecule has 3 heterocycles. The number of allylic oxidation sites excluding steroid dienone is 4. The number of rotatable bonds is 23. The van der Waals surface area contributed by atoms with Crippen LogP contribution in [0.5, 0.6) is 0 Å². The monoisotopic (exact) mass is 1080 g/mol. The second kappa shape index (κ2) is 35.0. The molecule has 0 aliphatic carbocycles. The number of carbonyl (C=O) groups excluding carboxylic acids is 3. The minimum atomic E-state index is -5.71. The average Bonchev–Trinajstić information content (AvgIpc) is 3.33. The fourth-order valence-corrected chi connectivity index (χ4v) is 10.5. The molecule has 0 radical (unpaired) electrons. The Hall–Kier alpha value is -3.43. The number of hydrogen-bond donors (Lipinski definition) is 7. The number of nitrogens with two attached hydrogens (primary N) is 1. The van der Waals surface area contributed by atoms with E-state index in [0.29, 0.717) is 38.5 Å². The van der Waals surface area contributed by atoms with E-state index in [1.807, 2.05) is 6.92 Å². The van der Waals surface area contributed by atoms with Crippen LogP contribution in [-0.2, 0) is 51.1 Å². The quantitative estimate of drug-likeness (QED) is 0.0185. The zero-order valence-corrected chi connectivity index (χ0v) is 44.4. The number of ketones is 1. The molecule has 0 aromatic carbocycles. The van der Waals surface area contributed by atoms with Crippen molar-refractivity contribution < 1.29 is 81.3 Å². The molecule has 0 saturated carbocycles. The van der Waals surface area contributed by atoms with Gasteiger partial charge in [0, 0.05) is 31.4 Å². The summed E-state index contributed by atoms with van der Waals surface area (Å²) in [7, 11) is -11.3. The number of aliphatic hydroxyl groups is 4. The van der Waals surface area contributed by atoms with Crippen LogP contribution < -0.4 is 11.4 Å². The maximum Gasteiger partial charge on any atom is 0.481 e. The molecule has 23 heteroatoms. The fraction of sp³-hybridized carbons (Fsp3) is 0.740. The first-order chi connectivity index (χ1) is 34.9. The highest BCUT2D eigenvalue weighted by Gasteiger charge is 2.45. The average molecular weight is 1080 g/mol. The number of cyclic esters (lactones) is 1. The smallest absolute Gasteiger partial charge is 0.462 e. The van der Waals surface area contributed by atoms with E-state index in [2.05, 4.69) is 40.5 Å². The molecule has 2 bridgehead atoms. The standard InChI is InChI=1S/C50H83N3O18P2/c1-3-5-7-8-9-10-11-12-13-14-15-16-17-18-23-27-45(57)66-34-38-35-67-72(62,63)71-73(64,65)68-36-43-48(60)47(59)39(30-29-37(54)25-21-6-4-2)41(55)33-42(56)40(26-22-19-20-24-28-46(58)69-38)49(70-43)53-32-31-44(51)52-50(53)61/h10-13,29-32,37-41,43,47-49,54-55,59-60H,3-9,14-28,33-36H2,1-2H3,(H,62,63)(H,64,65)(H2,51,52,61)/b11-10-,13-12-,30-29-/t37-,38+,39-,40-,41+,43+,47-,48+,49+/m0/s1. The lowest BCUT2D eigenvalue weighted by Crippen LogP contribution is -2.51. The molecule has 2 aliphatic rings. The Morgan fingerprint density at radius 2 is 1.49 bits per heavy atom. The van der Waals surface area contributed by atoms with Gasteiger partial charge in [0.1, 0.15) is 36.6 Å². The van der Waals surface area contributed by atoms with E-state index >= 15 is 0 Å². The summed E-state index contributed by atoms with van der Waals surface area (Å²) in [6.45, 7) is 1.46. The van der Waals surface area contributed by atoms with Crippen molar-refractivity contribution in [2.45, 2.75) is 204 Å². The summed E-state index contributed by atoms with van der Waals surface area (Å²) in [5, 5.41) is 45.5. The highest BCUT2D eigenvalue weighted by molar-refractivity contribution is 7.61. The van der Waals surface area contributed by atoms with E-state index in [-0.39, 0.29) is 31.5 Å². The summed E-state index contributed by atoms with van der Waals surface area (Å²) >= 11 is 0. The molecular weight excluding hydrogens is 993 g/mol. The predicted octanol–water partition coefficient (Wildman–Crippen LogP) is 7.37. The lowest BCUT2D eigenvalue weighted by atomic mass is 9.83. The molecule has 21 nitrogen and oxygen atoms in total. The van der Waals surface area contributed by atoms with Crippen LogP contribution in [0.1, 0.15) is 168 Å². The van der Waals surface area contributed by atoms with Crippen LogP contribution >= 0.6 is 15.6 Å². The molecule has 0 amide bonds. The third-order valence-electron chi connectivity index (χ3n) is 12.6. The van der Waals surface area contributed by atoms with E-state index in [1.165, 1.54) is 50.1 Å². The zero-order chi connectivity index (χ0) is 53.7. The Morgan fingerprint density at radius 3 is 2.18 bits per heavy atom. The molecule has 1 aromatic heterocycles. The van der Waals surface area contributed by atoms with Crippen molar-refractivity contribution >= 4 is 39.2 Å². The molecule has 2 aliphatic heterocycles. The second-order valence-electron chi connectivity index (χ2n) is 18.8. The zero-order valence-electron chi connectivity index (χ0n) is 42.6. The highest BCUT2D eigenvalue weighted by Crippen LogP contribution is 2.60. The normalized spacial score (nSPS) is 29.4. The van der Waals surface area contributed by atoms with Crippen molar-refractivity contribution in [2.75, 3.05) is 25.6 Å². The largest absolute Gasteiger partial charge is 0.481 e. The molecule has 2 fully saturated rings. The molecule has 416 valence electrons. The van der Waals surface area contributed by atoms with Gasteiger partial charge >= 0.3 is 33.3 Å². The molecule has 73 heavy (non-hydrogen) atoms. The predicted molar refractivity (Wildman–Crippen MR) is 271 cm³/mol. The summed E-state index contributed by atoms with van der Waals surface area (Å²) in [6.07, 6.45) is 15.0. The number of fused-ring (bicyclic) bond motifs is 3. The second-order valence-corrected chi connectivity index (χ2v) is 21.9. The molecule has 2 unspecified atom stereocenters. The molecule has 0 spiro atoms. The van der Waals surface area contributed by atoms with Crippen LogP contribution in [0.15, 0.2) is 53.5 Å². The van der Waals surface area contributed by atoms with Gasteiger partial charge in [0.25, 0.3) is 0 Å². The third kappa shape index (κ3) is 25.8. The van der Waals surface area contributed by atoms with Crippen molar-refractivity contribution in [3.05, 3.63) is 59.2 Å². The lowest BCUT2D eigenvalue weighted by molar-refractivity contribution is -0.184. The Morgan fingerprint density at radius 1 is 0.863 bits per heavy atom. The van der Waals surface area contributed by atoms with E-state index in [0.717, 1.165) is 55.9 Å². The first kappa shape index (κ1) is 63.9. The number of Topliss-reactive ketones (excluding diaryl/α,β-unsaturated/α-hetero) is 1. The van der Waals surface area contributed by atoms with Gasteiger partial charge in [0.15, 0.2) is 6.10 Å². The minimum absolute atomic E-state index is 0.00452. The number of phosphoric acid groups is 2. The lowest BCUT2D eigenvalue weighted by Gasteiger charge is -2.38. The number of hydrogen-bond acceptors (Lipinski definition) is 18. The van der Waals surface area contributed by atoms with Crippen molar-refractivity contribution in [3.63, 3.8) is 0 Å². The number of anilines is 1. The van der Waals surface area contributed by atoms with Gasteiger partial charge in [-0.15, -0.1) is 0 Å². The summed E-state index contributed by atoms with van der Waals surface area (Å²) < 4.78 is 58.9. The number of phosphoric ester groups is 2. The first-order valence-corrected chi connectivity index (χ1v) is 29.1. The van der Waals surface area contributed by atoms with E-state index in [1.54, 1.807) is 0 Å². The molecule has 2 saturated heterocycles. The maximum atomic E-state index is 14.3. The molecular formula is C50H83N3O18P2. The minimum Gasteiger partial charge on any atom is -0.462 e. The molecule has 3 rings (SSSR count). The number of ether oxygens (including phenoxy) is 3. The number of carbonyl (C=O) groups is 3. The highest BCUT2D eigenvalue weighted by atomic mass is 31.3. The van der Waals surface area contributed by atoms with Crippen LogP contribution in [-0.4, -0.2) is 114 Å². The summed E-state index contributed by atoms with van der Waals surface area (Å²) in [6, 6.07) is 1.23. The van der Waals surface area contributed by atoms with Crippen LogP contribution in [0.4, 0.5) is 5.82 Å². The Kier molecular flexibility index (Phi) is 30.6. The van der Waals surface area contributed by atoms with Crippen molar-refractivity contribution in [2.24, 2.45) is 11.8 Å². The third-order valence-corrected chi connectivity index (χ3v) is 15.2. The van der Waals surface area contributed by atoms with E-state index < -0.39 is 120 Å². The molecule has 1 aromatic rings. The Bertz CT molecular complexity index is 2040. The number of aromatic nitrogens is 2. The van der Waals surface area contributed by atoms with Gasteiger partial charge in [0.2, 0.25) is 0 Å². The summed E-state index contributed by atoms with van der Waals surface area (Å²) in [4.78, 5) is 78.4. The van der Waals surface area contributed by atoms with Crippen molar-refractivity contribution in [1.82, 2.24) is 9.55 Å². The van der Waals surface area contributed by atoms with Gasteiger partial charge < -0.3 is 50.2 Å². The Labute approximate surface area is 429 Å². The van der Waals surface area contributed by atoms with Crippen LogP contribution in [0.25, 0.3) is 0 Å². The van der Waals surface area contributed by atoms with Crippen LogP contribution in [0.2, 0.25) is 0 Å². The van der Waals surface area contributed by atoms with Crippen LogP contribution in [0, 0.1) is 11.8 Å². The first-order valence-electron chi connectivity index (χ1n) is 26.1. The number of nitrogen functional groups attached to an aromatic ring is 1. The molecule has 11 atom stereocenters. The van der Waals surface area contributed by atoms with E-state index in [4.69, 9.17) is 29.0 Å². The Balaban J connectivity index is 1.77. The van der Waals surface area contributed by atoms with Gasteiger partial charge in [-0.25, -0.2) is 13.9 Å². The topological polar surface area (TPSA) is 323 Å². The van der Waals surface area contributed by atoms with Gasteiger partial charge in [0.05, 0.1) is 37.4 Å². The van der Waals surface area contributed by atoms with Crippen molar-refractivity contribution in [3.8, 4) is 0 Å². The van der Waals surface area contributed by atoms with Gasteiger partial charge in [-0.1, -0.05) is 127 Å². The fourth-order valence-electron chi connectivity index (χ4n) is 8.43. The number of nitrogens with zero attached hydrogens (tertiary/aromatic N) is 2. The number of esters is 2. The number of unbranched alkanes of at least 4 members (excludes halogenated alkanes) is 11. The molecule has 8 N–H and O–H groups in total. The van der Waals surface area contributed by atoms with Crippen molar-refractivity contribution in [1.29, 1.82) is 0 Å². The van der Waals surface area contributed by atoms with Gasteiger partial charge in [-0.05, 0) is 57.4 Å². The summed E-state index contributed by atoms with van der Waals surface area (Å²) in [5.41, 5.74) is 4.75. The number of aliphatic hydroxyl groups excluding tert-OH is 4. The summed E-state index contributed by atoms with van der Waals surface area (Å²) in [5.74, 6) is -4.94. The van der Waals surface area contributed by atoms with Gasteiger partial charge in [-0.3, -0.25) is 28.0 Å². The SMILES string of the molecule is CCCCCC/C=C\C=C/CCCCCCCC(=O)OC[C@@H]1COP(=O)(O)OP(=O)(O)OC[C@H]2O[C@@H](n3ccc(N)nc3=O)[C@@H](CCCCCCC(=O)O1)C(=O)C[C@@H](O)[C@H](/C=C\[C@@H](O)CCCCC)[C@H](O)[C@@H]2O. The van der Waals surface area contributed by atoms with Gasteiger partial charge in [-0.2, -0.15) is 9.29 Å². The van der Waals surface area contributed by atoms with E-state index in [9.17, 15) is 58.5 Å².